The number of hydrogen-bond donors (Lipinski definition) is 0. The Kier molecular flexibility index (Phi) is 6.21. The number of methoxy groups -OCH3 is 1. The van der Waals surface area contributed by atoms with Crippen molar-refractivity contribution >= 4 is 22.6 Å². The van der Waals surface area contributed by atoms with Gasteiger partial charge >= 0.3 is 0 Å². The van der Waals surface area contributed by atoms with E-state index in [1.54, 1.807) is 7.11 Å². The number of aryl methyl sites for hydroxylation is 2. The molecule has 1 amide bonds. The van der Waals surface area contributed by atoms with Gasteiger partial charge in [0, 0.05) is 31.1 Å². The van der Waals surface area contributed by atoms with Crippen LogP contribution in [0.5, 0.6) is 11.5 Å². The molecule has 1 aromatic heterocycles. The molecule has 1 aliphatic heterocycles. The van der Waals surface area contributed by atoms with Crippen LogP contribution in [0.3, 0.4) is 0 Å². The SMILES string of the molecule is COc1ccc(N2C[C@@H](c3nc4ccccc4n3CCCOc3ccccc3C)CC2=O)cc1. The molecular formula is C28H29N3O3. The van der Waals surface area contributed by atoms with E-state index in [-0.39, 0.29) is 11.8 Å². The molecule has 174 valence electrons. The van der Waals surface area contributed by atoms with Crippen LogP contribution >= 0.6 is 0 Å². The molecule has 2 heterocycles. The van der Waals surface area contributed by atoms with Gasteiger partial charge in [-0.05, 0) is 61.4 Å². The first-order chi connectivity index (χ1) is 16.6. The highest BCUT2D eigenvalue weighted by Crippen LogP contribution is 2.34. The number of para-hydroxylation sites is 3. The minimum atomic E-state index is 0.0410. The maximum absolute atomic E-state index is 12.9. The van der Waals surface area contributed by atoms with Gasteiger partial charge in [-0.15, -0.1) is 0 Å². The van der Waals surface area contributed by atoms with Crippen LogP contribution in [-0.2, 0) is 11.3 Å². The molecule has 6 heteroatoms. The van der Waals surface area contributed by atoms with Crippen LogP contribution in [0, 0.1) is 6.92 Å². The number of carbonyl (C=O) groups excluding carboxylic acids is 1. The molecule has 6 nitrogen and oxygen atoms in total. The molecule has 0 spiro atoms. The number of fused-ring (bicyclic) bond motifs is 1. The lowest BCUT2D eigenvalue weighted by molar-refractivity contribution is -0.117. The number of benzene rings is 3. The van der Waals surface area contributed by atoms with Crippen molar-refractivity contribution in [3.63, 3.8) is 0 Å². The first-order valence-corrected chi connectivity index (χ1v) is 11.7. The lowest BCUT2D eigenvalue weighted by atomic mass is 10.1. The highest BCUT2D eigenvalue weighted by atomic mass is 16.5. The van der Waals surface area contributed by atoms with Gasteiger partial charge in [-0.3, -0.25) is 4.79 Å². The number of anilines is 1. The van der Waals surface area contributed by atoms with Crippen LogP contribution in [-0.4, -0.2) is 35.7 Å². The minimum Gasteiger partial charge on any atom is -0.497 e. The lowest BCUT2D eigenvalue weighted by Crippen LogP contribution is -2.24. The van der Waals surface area contributed by atoms with E-state index in [0.29, 0.717) is 19.6 Å². The Labute approximate surface area is 199 Å². The third-order valence-electron chi connectivity index (χ3n) is 6.44. The second-order valence-corrected chi connectivity index (χ2v) is 8.68. The predicted octanol–water partition coefficient (Wildman–Crippen LogP) is 5.34. The topological polar surface area (TPSA) is 56.6 Å². The number of amides is 1. The normalized spacial score (nSPS) is 15.8. The van der Waals surface area contributed by atoms with E-state index in [0.717, 1.165) is 52.6 Å². The summed E-state index contributed by atoms with van der Waals surface area (Å²) < 4.78 is 13.5. The summed E-state index contributed by atoms with van der Waals surface area (Å²) in [5, 5.41) is 0. The van der Waals surface area contributed by atoms with Gasteiger partial charge in [-0.1, -0.05) is 30.3 Å². The second kappa shape index (κ2) is 9.59. The highest BCUT2D eigenvalue weighted by Gasteiger charge is 2.34. The number of imidazole rings is 1. The van der Waals surface area contributed by atoms with Gasteiger partial charge < -0.3 is 18.9 Å². The fraction of sp³-hybridized carbons (Fsp3) is 0.286. The number of ether oxygens (including phenoxy) is 2. The minimum absolute atomic E-state index is 0.0410. The van der Waals surface area contributed by atoms with Gasteiger partial charge in [-0.2, -0.15) is 0 Å². The maximum Gasteiger partial charge on any atom is 0.227 e. The molecule has 1 aliphatic rings. The number of nitrogens with zero attached hydrogens (tertiary/aromatic N) is 3. The van der Waals surface area contributed by atoms with Crippen LogP contribution in [0.4, 0.5) is 5.69 Å². The number of aromatic nitrogens is 2. The molecular weight excluding hydrogens is 426 g/mol. The first-order valence-electron chi connectivity index (χ1n) is 11.7. The van der Waals surface area contributed by atoms with E-state index >= 15 is 0 Å². The zero-order valence-corrected chi connectivity index (χ0v) is 19.6. The summed E-state index contributed by atoms with van der Waals surface area (Å²) in [6, 6.07) is 23.9. The Balaban J connectivity index is 1.34. The van der Waals surface area contributed by atoms with E-state index in [4.69, 9.17) is 14.5 Å². The van der Waals surface area contributed by atoms with Crippen molar-refractivity contribution in [1.82, 2.24) is 9.55 Å². The van der Waals surface area contributed by atoms with Gasteiger partial charge in [0.05, 0.1) is 24.8 Å². The number of carbonyl (C=O) groups is 1. The first kappa shape index (κ1) is 22.0. The molecule has 0 saturated carbocycles. The third kappa shape index (κ3) is 4.36. The average Bonchev–Trinajstić information content (AvgIpc) is 3.43. The Bertz CT molecular complexity index is 1300. The Hall–Kier alpha value is -3.80. The van der Waals surface area contributed by atoms with E-state index in [9.17, 15) is 4.79 Å². The predicted molar refractivity (Wildman–Crippen MR) is 134 cm³/mol. The summed E-state index contributed by atoms with van der Waals surface area (Å²) in [6.45, 7) is 4.09. The molecule has 1 saturated heterocycles. The monoisotopic (exact) mass is 455 g/mol. The molecule has 3 aromatic carbocycles. The van der Waals surface area contributed by atoms with Gasteiger partial charge in [0.1, 0.15) is 17.3 Å². The third-order valence-corrected chi connectivity index (χ3v) is 6.44. The zero-order valence-electron chi connectivity index (χ0n) is 19.6. The smallest absolute Gasteiger partial charge is 0.227 e. The van der Waals surface area contributed by atoms with Crippen molar-refractivity contribution in [2.24, 2.45) is 0 Å². The summed E-state index contributed by atoms with van der Waals surface area (Å²) >= 11 is 0. The fourth-order valence-electron chi connectivity index (χ4n) is 4.66. The standard InChI is InChI=1S/C28H29N3O3/c1-20-8-3-6-11-26(20)34-17-7-16-30-25-10-5-4-9-24(25)29-28(30)21-18-27(32)31(19-21)22-12-14-23(33-2)15-13-22/h3-6,8-15,21H,7,16-19H2,1-2H3/t21-/m0/s1. The number of rotatable bonds is 8. The molecule has 0 unspecified atom stereocenters. The molecule has 0 bridgehead atoms. The van der Waals surface area contributed by atoms with Crippen molar-refractivity contribution in [1.29, 1.82) is 0 Å². The van der Waals surface area contributed by atoms with Crippen molar-refractivity contribution in [3.8, 4) is 11.5 Å². The molecule has 0 radical (unpaired) electrons. The number of hydrogen-bond acceptors (Lipinski definition) is 4. The van der Waals surface area contributed by atoms with Crippen LogP contribution in [0.2, 0.25) is 0 Å². The lowest BCUT2D eigenvalue weighted by Gasteiger charge is -2.18. The van der Waals surface area contributed by atoms with Gasteiger partial charge in [0.25, 0.3) is 0 Å². The Morgan fingerprint density at radius 1 is 1.00 bits per heavy atom. The van der Waals surface area contributed by atoms with Crippen molar-refractivity contribution in [2.45, 2.75) is 32.2 Å². The van der Waals surface area contributed by atoms with E-state index in [1.807, 2.05) is 65.6 Å². The quantitative estimate of drug-likeness (QED) is 0.337. The van der Waals surface area contributed by atoms with E-state index < -0.39 is 0 Å². The molecule has 4 aromatic rings. The van der Waals surface area contributed by atoms with Crippen molar-refractivity contribution in [3.05, 3.63) is 84.2 Å². The van der Waals surface area contributed by atoms with Gasteiger partial charge in [0.15, 0.2) is 0 Å². The average molecular weight is 456 g/mol. The second-order valence-electron chi connectivity index (χ2n) is 8.68. The molecule has 1 fully saturated rings. The summed E-state index contributed by atoms with van der Waals surface area (Å²) in [4.78, 5) is 19.7. The molecule has 1 atom stereocenters. The summed E-state index contributed by atoms with van der Waals surface area (Å²) in [5.41, 5.74) is 4.10. The molecule has 34 heavy (non-hydrogen) atoms. The van der Waals surface area contributed by atoms with E-state index in [1.165, 1.54) is 0 Å². The Morgan fingerprint density at radius 2 is 1.76 bits per heavy atom. The highest BCUT2D eigenvalue weighted by molar-refractivity contribution is 5.96. The van der Waals surface area contributed by atoms with Crippen molar-refractivity contribution in [2.75, 3.05) is 25.2 Å². The van der Waals surface area contributed by atoms with Crippen LogP contribution < -0.4 is 14.4 Å². The largest absolute Gasteiger partial charge is 0.497 e. The molecule has 0 aliphatic carbocycles. The molecule has 5 rings (SSSR count). The zero-order chi connectivity index (χ0) is 23.5. The van der Waals surface area contributed by atoms with Crippen LogP contribution in [0.1, 0.15) is 30.1 Å². The summed E-state index contributed by atoms with van der Waals surface area (Å²) in [5.74, 6) is 2.84. The van der Waals surface area contributed by atoms with Crippen LogP contribution in [0.25, 0.3) is 11.0 Å². The van der Waals surface area contributed by atoms with Crippen LogP contribution in [0.15, 0.2) is 72.8 Å². The van der Waals surface area contributed by atoms with Gasteiger partial charge in [0.2, 0.25) is 5.91 Å². The Morgan fingerprint density at radius 3 is 2.56 bits per heavy atom. The van der Waals surface area contributed by atoms with Crippen molar-refractivity contribution < 1.29 is 14.3 Å². The maximum atomic E-state index is 12.9. The summed E-state index contributed by atoms with van der Waals surface area (Å²) in [7, 11) is 1.64. The fourth-order valence-corrected chi connectivity index (χ4v) is 4.66. The van der Waals surface area contributed by atoms with E-state index in [2.05, 4.69) is 23.6 Å². The summed E-state index contributed by atoms with van der Waals surface area (Å²) in [6.07, 6.45) is 1.31. The van der Waals surface area contributed by atoms with Gasteiger partial charge in [-0.25, -0.2) is 4.98 Å². The molecule has 0 N–H and O–H groups in total.